The average Bonchev–Trinajstić information content (AvgIpc) is 2.48. The van der Waals surface area contributed by atoms with Crippen molar-refractivity contribution in [3.8, 4) is 11.5 Å². The van der Waals surface area contributed by atoms with E-state index < -0.39 is 0 Å². The molecule has 1 atom stereocenters. The quantitative estimate of drug-likeness (QED) is 0.839. The van der Waals surface area contributed by atoms with Crippen LogP contribution in [0.3, 0.4) is 0 Å². The molecule has 0 aromatic heterocycles. The van der Waals surface area contributed by atoms with Gasteiger partial charge in [0.1, 0.15) is 11.5 Å². The van der Waals surface area contributed by atoms with E-state index in [1.54, 1.807) is 13.2 Å². The van der Waals surface area contributed by atoms with Crippen molar-refractivity contribution in [2.45, 2.75) is 13.0 Å². The molecule has 2 aromatic carbocycles. The zero-order valence-corrected chi connectivity index (χ0v) is 14.2. The fourth-order valence-corrected chi connectivity index (χ4v) is 2.80. The number of ether oxygens (including phenoxy) is 2. The normalized spacial score (nSPS) is 12.0. The van der Waals surface area contributed by atoms with E-state index in [-0.39, 0.29) is 6.04 Å². The van der Waals surface area contributed by atoms with Crippen LogP contribution in [0, 0.1) is 0 Å². The van der Waals surface area contributed by atoms with Gasteiger partial charge in [-0.3, -0.25) is 0 Å². The maximum atomic E-state index is 6.35. The SMILES string of the molecule is CCOc1ccc(C(N)c2cc(Cl)ccc2OC)cc1Br. The van der Waals surface area contributed by atoms with Crippen LogP contribution in [0.25, 0.3) is 0 Å². The molecule has 21 heavy (non-hydrogen) atoms. The number of hydrogen-bond donors (Lipinski definition) is 1. The van der Waals surface area contributed by atoms with Gasteiger partial charge in [-0.1, -0.05) is 17.7 Å². The molecule has 5 heteroatoms. The summed E-state index contributed by atoms with van der Waals surface area (Å²) < 4.78 is 11.7. The van der Waals surface area contributed by atoms with Gasteiger partial charge in [-0.25, -0.2) is 0 Å². The molecular weight excluding hydrogens is 354 g/mol. The molecule has 2 aromatic rings. The molecule has 0 aliphatic carbocycles. The van der Waals surface area contributed by atoms with Crippen molar-refractivity contribution in [3.63, 3.8) is 0 Å². The molecular formula is C16H17BrClNO2. The molecule has 0 bridgehead atoms. The number of benzene rings is 2. The summed E-state index contributed by atoms with van der Waals surface area (Å²) >= 11 is 9.56. The molecule has 0 saturated heterocycles. The molecule has 0 radical (unpaired) electrons. The number of hydrogen-bond acceptors (Lipinski definition) is 3. The minimum Gasteiger partial charge on any atom is -0.496 e. The molecule has 0 saturated carbocycles. The van der Waals surface area contributed by atoms with Crippen molar-refractivity contribution in [2.24, 2.45) is 5.73 Å². The smallest absolute Gasteiger partial charge is 0.133 e. The molecule has 2 N–H and O–H groups in total. The molecule has 0 fully saturated rings. The first-order chi connectivity index (χ1) is 10.1. The maximum Gasteiger partial charge on any atom is 0.133 e. The third-order valence-corrected chi connectivity index (χ3v) is 4.00. The van der Waals surface area contributed by atoms with E-state index in [9.17, 15) is 0 Å². The van der Waals surface area contributed by atoms with Crippen LogP contribution in [-0.4, -0.2) is 13.7 Å². The van der Waals surface area contributed by atoms with Crippen molar-refractivity contribution in [1.82, 2.24) is 0 Å². The maximum absolute atomic E-state index is 6.35. The molecule has 0 spiro atoms. The lowest BCUT2D eigenvalue weighted by atomic mass is 9.98. The van der Waals surface area contributed by atoms with E-state index in [4.69, 9.17) is 26.8 Å². The van der Waals surface area contributed by atoms with Gasteiger partial charge < -0.3 is 15.2 Å². The lowest BCUT2D eigenvalue weighted by Gasteiger charge is -2.17. The molecule has 1 unspecified atom stereocenters. The van der Waals surface area contributed by atoms with E-state index in [0.29, 0.717) is 11.6 Å². The second-order valence-corrected chi connectivity index (χ2v) is 5.78. The van der Waals surface area contributed by atoms with Gasteiger partial charge in [-0.05, 0) is 58.7 Å². The Balaban J connectivity index is 2.38. The fraction of sp³-hybridized carbons (Fsp3) is 0.250. The van der Waals surface area contributed by atoms with Gasteiger partial charge in [0.2, 0.25) is 0 Å². The van der Waals surface area contributed by atoms with E-state index in [0.717, 1.165) is 27.1 Å². The molecule has 3 nitrogen and oxygen atoms in total. The highest BCUT2D eigenvalue weighted by Crippen LogP contribution is 2.34. The predicted molar refractivity (Wildman–Crippen MR) is 89.3 cm³/mol. The van der Waals surface area contributed by atoms with Crippen molar-refractivity contribution < 1.29 is 9.47 Å². The first kappa shape index (κ1) is 16.1. The van der Waals surface area contributed by atoms with Gasteiger partial charge >= 0.3 is 0 Å². The van der Waals surface area contributed by atoms with Crippen LogP contribution in [0.15, 0.2) is 40.9 Å². The fourth-order valence-electron chi connectivity index (χ4n) is 2.11. The Labute approximate surface area is 138 Å². The summed E-state index contributed by atoms with van der Waals surface area (Å²) in [5, 5.41) is 0.631. The second kappa shape index (κ2) is 7.16. The summed E-state index contributed by atoms with van der Waals surface area (Å²) in [5.74, 6) is 1.52. The highest BCUT2D eigenvalue weighted by Gasteiger charge is 2.16. The van der Waals surface area contributed by atoms with Gasteiger partial charge in [0.05, 0.1) is 24.2 Å². The van der Waals surface area contributed by atoms with E-state index in [1.807, 2.05) is 37.3 Å². The molecule has 2 rings (SSSR count). The summed E-state index contributed by atoms with van der Waals surface area (Å²) in [5.41, 5.74) is 8.15. The Morgan fingerprint density at radius 3 is 2.52 bits per heavy atom. The van der Waals surface area contributed by atoms with Crippen LogP contribution in [0.2, 0.25) is 5.02 Å². The Bertz CT molecular complexity index is 634. The summed E-state index contributed by atoms with van der Waals surface area (Å²) in [6.07, 6.45) is 0. The van der Waals surface area contributed by atoms with Crippen molar-refractivity contribution in [2.75, 3.05) is 13.7 Å². The first-order valence-electron chi connectivity index (χ1n) is 6.58. The summed E-state index contributed by atoms with van der Waals surface area (Å²) in [6, 6.07) is 10.9. The predicted octanol–water partition coefficient (Wildman–Crippen LogP) is 4.56. The van der Waals surface area contributed by atoms with Crippen LogP contribution < -0.4 is 15.2 Å². The Morgan fingerprint density at radius 1 is 1.19 bits per heavy atom. The Morgan fingerprint density at radius 2 is 1.90 bits per heavy atom. The van der Waals surface area contributed by atoms with Gasteiger partial charge in [-0.2, -0.15) is 0 Å². The largest absolute Gasteiger partial charge is 0.496 e. The Hall–Kier alpha value is -1.23. The lowest BCUT2D eigenvalue weighted by molar-refractivity contribution is 0.338. The minimum atomic E-state index is -0.328. The molecule has 0 aliphatic rings. The highest BCUT2D eigenvalue weighted by atomic mass is 79.9. The van der Waals surface area contributed by atoms with E-state index in [2.05, 4.69) is 15.9 Å². The van der Waals surface area contributed by atoms with Crippen LogP contribution in [0.1, 0.15) is 24.1 Å². The molecule has 0 amide bonds. The third kappa shape index (κ3) is 3.70. The number of nitrogens with two attached hydrogens (primary N) is 1. The molecule has 112 valence electrons. The third-order valence-electron chi connectivity index (χ3n) is 3.14. The minimum absolute atomic E-state index is 0.328. The first-order valence-corrected chi connectivity index (χ1v) is 7.75. The van der Waals surface area contributed by atoms with Crippen LogP contribution >= 0.6 is 27.5 Å². The monoisotopic (exact) mass is 369 g/mol. The van der Waals surface area contributed by atoms with Crippen LogP contribution in [-0.2, 0) is 0 Å². The van der Waals surface area contributed by atoms with Crippen molar-refractivity contribution in [1.29, 1.82) is 0 Å². The van der Waals surface area contributed by atoms with Crippen LogP contribution in [0.5, 0.6) is 11.5 Å². The lowest BCUT2D eigenvalue weighted by Crippen LogP contribution is -2.13. The van der Waals surface area contributed by atoms with Gasteiger partial charge in [0.25, 0.3) is 0 Å². The number of halogens is 2. The summed E-state index contributed by atoms with van der Waals surface area (Å²) in [6.45, 7) is 2.56. The average molecular weight is 371 g/mol. The number of methoxy groups -OCH3 is 1. The topological polar surface area (TPSA) is 44.5 Å². The van der Waals surface area contributed by atoms with E-state index in [1.165, 1.54) is 0 Å². The van der Waals surface area contributed by atoms with Gasteiger partial charge in [-0.15, -0.1) is 0 Å². The molecule has 0 heterocycles. The van der Waals surface area contributed by atoms with Gasteiger partial charge in [0, 0.05) is 10.6 Å². The Kier molecular flexibility index (Phi) is 5.51. The van der Waals surface area contributed by atoms with Crippen LogP contribution in [0.4, 0.5) is 0 Å². The summed E-state index contributed by atoms with van der Waals surface area (Å²) in [4.78, 5) is 0. The zero-order chi connectivity index (χ0) is 15.4. The molecule has 0 aliphatic heterocycles. The summed E-state index contributed by atoms with van der Waals surface area (Å²) in [7, 11) is 1.62. The van der Waals surface area contributed by atoms with Gasteiger partial charge in [0.15, 0.2) is 0 Å². The van der Waals surface area contributed by atoms with Crippen molar-refractivity contribution >= 4 is 27.5 Å². The van der Waals surface area contributed by atoms with E-state index >= 15 is 0 Å². The standard InChI is InChI=1S/C16H17BrClNO2/c1-3-21-15-6-4-10(8-13(15)17)16(19)12-9-11(18)5-7-14(12)20-2/h4-9,16H,3,19H2,1-2H3. The number of rotatable bonds is 5. The highest BCUT2D eigenvalue weighted by molar-refractivity contribution is 9.10. The zero-order valence-electron chi connectivity index (χ0n) is 11.9. The van der Waals surface area contributed by atoms with Crippen molar-refractivity contribution in [3.05, 3.63) is 57.0 Å². The second-order valence-electron chi connectivity index (χ2n) is 4.49.